The van der Waals surface area contributed by atoms with Gasteiger partial charge in [0.05, 0.1) is 28.8 Å². The molecule has 5 rings (SSSR count). The number of esters is 2. The number of nitrogens with zero attached hydrogens (tertiary/aromatic N) is 2. The van der Waals surface area contributed by atoms with Gasteiger partial charge in [-0.2, -0.15) is 0 Å². The van der Waals surface area contributed by atoms with Gasteiger partial charge in [-0.15, -0.1) is 0 Å². The highest BCUT2D eigenvalue weighted by Crippen LogP contribution is 2.42. The highest BCUT2D eigenvalue weighted by Gasteiger charge is 2.46. The molecule has 2 aliphatic carbocycles. The number of hydrogen-bond donors (Lipinski definition) is 4. The number of alkyl carbamates (subject to hydrolysis) is 1. The number of carbonyl (C=O) groups is 5. The summed E-state index contributed by atoms with van der Waals surface area (Å²) in [7, 11) is 0. The van der Waals surface area contributed by atoms with Crippen LogP contribution in [-0.2, 0) is 33.4 Å². The molecule has 2 saturated carbocycles. The van der Waals surface area contributed by atoms with Crippen molar-refractivity contribution in [3.8, 4) is 0 Å². The van der Waals surface area contributed by atoms with E-state index >= 15 is 0 Å². The number of rotatable bonds is 12. The van der Waals surface area contributed by atoms with Crippen LogP contribution in [-0.4, -0.2) is 91.8 Å². The lowest BCUT2D eigenvalue weighted by molar-refractivity contribution is -0.167. The molecule has 0 spiro atoms. The molecule has 17 heteroatoms. The van der Waals surface area contributed by atoms with Crippen LogP contribution >= 0.6 is 34.8 Å². The van der Waals surface area contributed by atoms with Crippen molar-refractivity contribution < 1.29 is 43.3 Å². The second kappa shape index (κ2) is 18.5. The van der Waals surface area contributed by atoms with E-state index in [-0.39, 0.29) is 12.5 Å². The monoisotopic (exact) mass is 851 g/mol. The van der Waals surface area contributed by atoms with Crippen LogP contribution in [0.1, 0.15) is 103 Å². The molecule has 3 fully saturated rings. The predicted octanol–water partition coefficient (Wildman–Crippen LogP) is 5.99. The number of benzene rings is 1. The minimum atomic E-state index is -1.78. The number of fused-ring (bicyclic) bond motifs is 1. The summed E-state index contributed by atoms with van der Waals surface area (Å²) in [6, 6.07) is 7.19. The molecule has 0 radical (unpaired) electrons. The number of halogens is 3. The van der Waals surface area contributed by atoms with Crippen molar-refractivity contribution >= 4 is 81.6 Å². The fraction of sp³-hybridized carbons (Fsp3) is 0.600. The first-order valence-corrected chi connectivity index (χ1v) is 20.5. The molecular formula is C40H52Cl3N5O9. The summed E-state index contributed by atoms with van der Waals surface area (Å²) in [6.45, 7) is 8.55. The van der Waals surface area contributed by atoms with Crippen molar-refractivity contribution in [1.82, 2.24) is 26.1 Å². The van der Waals surface area contributed by atoms with Crippen LogP contribution < -0.4 is 16.1 Å². The average molecular weight is 853 g/mol. The summed E-state index contributed by atoms with van der Waals surface area (Å²) in [4.78, 5) is 70.9. The fourth-order valence-corrected chi connectivity index (χ4v) is 6.98. The maximum absolute atomic E-state index is 14.1. The van der Waals surface area contributed by atoms with E-state index in [1.807, 2.05) is 43.3 Å². The number of alkyl halides is 3. The van der Waals surface area contributed by atoms with Crippen molar-refractivity contribution in [1.29, 1.82) is 0 Å². The van der Waals surface area contributed by atoms with Gasteiger partial charge in [0, 0.05) is 17.8 Å². The molecule has 1 aliphatic heterocycles. The van der Waals surface area contributed by atoms with Gasteiger partial charge in [0.25, 0.3) is 11.8 Å². The Bertz CT molecular complexity index is 1840. The van der Waals surface area contributed by atoms with E-state index in [0.717, 1.165) is 10.9 Å². The van der Waals surface area contributed by atoms with Gasteiger partial charge < -0.3 is 30.0 Å². The summed E-state index contributed by atoms with van der Waals surface area (Å²) < 4.78 is 14.7. The molecular weight excluding hydrogens is 801 g/mol. The molecule has 57 heavy (non-hydrogen) atoms. The van der Waals surface area contributed by atoms with Crippen LogP contribution in [0, 0.1) is 11.3 Å². The number of pyridine rings is 1. The number of aliphatic hydroxyl groups excluding tert-OH is 1. The minimum Gasteiger partial charge on any atom is -0.460 e. The summed E-state index contributed by atoms with van der Waals surface area (Å²) in [5.74, 6) is -2.54. The standard InChI is InChI=1S/C40H52Cl3N5O9/c1-23(45-37(54)57-38(3,4)5)29-13-12-26-9-8-25(21-31(26)46-29)14-17-39(18-15-28(49)16-19-39)36(53)56-32(27-10-11-27)33(50)44-24(2)34(51)48-20-6-7-30(47-48)35(52)55-22-40(41,42)43/h8-9,12-14,17,21,23-24,27-28,30,32,47,49H,6-7,10-11,15-16,18-20,22H2,1-5H3,(H,44,50)(H,45,54)/b17-14+/t23-,24+,28?,30+,32?,39?/m1/s1. The molecule has 2 heterocycles. The molecule has 1 saturated heterocycles. The molecule has 4 N–H and O–H groups in total. The minimum absolute atomic E-state index is 0.204. The highest BCUT2D eigenvalue weighted by atomic mass is 35.6. The zero-order valence-electron chi connectivity index (χ0n) is 32.8. The Kier molecular flexibility index (Phi) is 14.4. The van der Waals surface area contributed by atoms with Gasteiger partial charge in [0.1, 0.15) is 24.3 Å². The van der Waals surface area contributed by atoms with E-state index in [9.17, 15) is 29.1 Å². The zero-order chi connectivity index (χ0) is 41.7. The number of aromatic nitrogens is 1. The molecule has 312 valence electrons. The molecule has 4 atom stereocenters. The van der Waals surface area contributed by atoms with Crippen LogP contribution in [0.4, 0.5) is 4.79 Å². The van der Waals surface area contributed by atoms with Gasteiger partial charge in [0.2, 0.25) is 3.79 Å². The Balaban J connectivity index is 1.25. The topological polar surface area (TPSA) is 185 Å². The van der Waals surface area contributed by atoms with Crippen molar-refractivity contribution in [2.24, 2.45) is 11.3 Å². The normalized spacial score (nSPS) is 23.3. The van der Waals surface area contributed by atoms with Crippen LogP contribution in [0.2, 0.25) is 0 Å². The van der Waals surface area contributed by atoms with Gasteiger partial charge in [0.15, 0.2) is 6.10 Å². The number of carbonyl (C=O) groups excluding carboxylic acids is 5. The molecule has 3 amide bonds. The maximum atomic E-state index is 14.1. The quantitative estimate of drug-likeness (QED) is 0.112. The summed E-state index contributed by atoms with van der Waals surface area (Å²) >= 11 is 17.1. The Morgan fingerprint density at radius 3 is 2.35 bits per heavy atom. The number of hydrogen-bond acceptors (Lipinski definition) is 11. The van der Waals surface area contributed by atoms with E-state index in [2.05, 4.69) is 16.1 Å². The average Bonchev–Trinajstić information content (AvgIpc) is 3.99. The Labute approximate surface area is 347 Å². The first-order valence-electron chi connectivity index (χ1n) is 19.3. The molecule has 1 unspecified atom stereocenters. The van der Waals surface area contributed by atoms with Crippen LogP contribution in [0.15, 0.2) is 36.4 Å². The molecule has 1 aromatic heterocycles. The predicted molar refractivity (Wildman–Crippen MR) is 215 cm³/mol. The summed E-state index contributed by atoms with van der Waals surface area (Å²) in [5, 5.41) is 18.0. The van der Waals surface area contributed by atoms with Crippen molar-refractivity contribution in [2.45, 2.75) is 126 Å². The zero-order valence-corrected chi connectivity index (χ0v) is 35.1. The Morgan fingerprint density at radius 2 is 1.70 bits per heavy atom. The summed E-state index contributed by atoms with van der Waals surface area (Å²) in [5.41, 5.74) is 3.20. The highest BCUT2D eigenvalue weighted by molar-refractivity contribution is 6.67. The Hall–Kier alpha value is -3.69. The second-order valence-electron chi connectivity index (χ2n) is 16.2. The summed E-state index contributed by atoms with van der Waals surface area (Å²) in [6.07, 6.45) is 5.01. The SMILES string of the molecule is C[C@H](NC(=O)C(OC(=O)C1(/C=C/c2ccc3ccc([C@@H](C)NC(=O)OC(C)(C)C)nc3c2)CCC(O)CC1)C1CC1)C(=O)N1CCC[C@@H](C(=O)OCC(Cl)(Cl)Cl)N1. The second-order valence-corrected chi connectivity index (χ2v) is 18.7. The van der Waals surface area contributed by atoms with Crippen molar-refractivity contribution in [3.63, 3.8) is 0 Å². The molecule has 14 nitrogen and oxygen atoms in total. The van der Waals surface area contributed by atoms with Gasteiger partial charge >= 0.3 is 18.0 Å². The van der Waals surface area contributed by atoms with E-state index in [0.29, 0.717) is 62.6 Å². The van der Waals surface area contributed by atoms with Gasteiger partial charge in [-0.25, -0.2) is 10.2 Å². The van der Waals surface area contributed by atoms with Crippen molar-refractivity contribution in [2.75, 3.05) is 13.2 Å². The first-order chi connectivity index (χ1) is 26.7. The lowest BCUT2D eigenvalue weighted by Crippen LogP contribution is -2.60. The molecule has 1 aromatic carbocycles. The number of amides is 3. The van der Waals surface area contributed by atoms with E-state index < -0.39 is 81.6 Å². The lowest BCUT2D eigenvalue weighted by atomic mass is 9.72. The lowest BCUT2D eigenvalue weighted by Gasteiger charge is -2.36. The fourth-order valence-electron chi connectivity index (χ4n) is 6.82. The van der Waals surface area contributed by atoms with E-state index in [1.165, 1.54) is 11.9 Å². The third kappa shape index (κ3) is 12.6. The first kappa shape index (κ1) is 44.4. The molecule has 0 bridgehead atoms. The molecule has 3 aliphatic rings. The van der Waals surface area contributed by atoms with Crippen LogP contribution in [0.25, 0.3) is 17.0 Å². The largest absolute Gasteiger partial charge is 0.460 e. The Morgan fingerprint density at radius 1 is 1.02 bits per heavy atom. The number of nitrogens with one attached hydrogen (secondary N) is 3. The molecule has 2 aromatic rings. The van der Waals surface area contributed by atoms with Crippen LogP contribution in [0.3, 0.4) is 0 Å². The van der Waals surface area contributed by atoms with Crippen LogP contribution in [0.5, 0.6) is 0 Å². The van der Waals surface area contributed by atoms with Gasteiger partial charge in [-0.1, -0.05) is 65.2 Å². The number of aliphatic hydroxyl groups is 1. The third-order valence-electron chi connectivity index (χ3n) is 10.1. The van der Waals surface area contributed by atoms with Gasteiger partial charge in [-0.05, 0) is 104 Å². The van der Waals surface area contributed by atoms with E-state index in [1.54, 1.807) is 26.8 Å². The number of ether oxygens (including phenoxy) is 3. The van der Waals surface area contributed by atoms with Gasteiger partial charge in [-0.3, -0.25) is 29.2 Å². The smallest absolute Gasteiger partial charge is 0.408 e. The number of hydrazine groups is 1. The van der Waals surface area contributed by atoms with E-state index in [4.69, 9.17) is 54.0 Å². The van der Waals surface area contributed by atoms with Crippen molar-refractivity contribution in [3.05, 3.63) is 47.7 Å². The third-order valence-corrected chi connectivity index (χ3v) is 10.5. The maximum Gasteiger partial charge on any atom is 0.408 e.